The van der Waals surface area contributed by atoms with Crippen LogP contribution in [0.15, 0.2) is 24.3 Å². The fourth-order valence-electron chi connectivity index (χ4n) is 3.80. The van der Waals surface area contributed by atoms with Gasteiger partial charge in [0.1, 0.15) is 16.9 Å². The molecule has 0 unspecified atom stereocenters. The van der Waals surface area contributed by atoms with Crippen molar-refractivity contribution >= 4 is 28.2 Å². The van der Waals surface area contributed by atoms with Crippen LogP contribution in [0.4, 0.5) is 9.39 Å². The number of aryl methyl sites for hydroxylation is 1. The highest BCUT2D eigenvalue weighted by molar-refractivity contribution is 7.17. The lowest BCUT2D eigenvalue weighted by Gasteiger charge is -2.19. The first-order valence-electron chi connectivity index (χ1n) is 9.69. The maximum Gasteiger partial charge on any atom is 0.280 e. The predicted octanol–water partition coefficient (Wildman–Crippen LogP) is 2.76. The fourth-order valence-corrected chi connectivity index (χ4v) is 5.12. The van der Waals surface area contributed by atoms with Gasteiger partial charge in [-0.15, -0.1) is 11.3 Å². The normalized spacial score (nSPS) is 14.6. The molecule has 1 heterocycles. The van der Waals surface area contributed by atoms with E-state index in [1.165, 1.54) is 23.5 Å². The minimum atomic E-state index is -0.481. The van der Waals surface area contributed by atoms with Crippen LogP contribution in [0.3, 0.4) is 0 Å². The Morgan fingerprint density at radius 2 is 1.89 bits per heavy atom. The molecule has 3 rings (SSSR count). The van der Waals surface area contributed by atoms with Crippen LogP contribution >= 0.6 is 11.3 Å². The minimum Gasteiger partial charge on any atom is -0.365 e. The highest BCUT2D eigenvalue weighted by Crippen LogP contribution is 2.37. The van der Waals surface area contributed by atoms with E-state index in [2.05, 4.69) is 19.2 Å². The number of hydrogen-bond donors (Lipinski definition) is 3. The van der Waals surface area contributed by atoms with E-state index in [-0.39, 0.29) is 30.2 Å². The Labute approximate surface area is 168 Å². The Balaban J connectivity index is 1.69. The van der Waals surface area contributed by atoms with E-state index in [4.69, 9.17) is 5.73 Å². The number of rotatable bonds is 7. The van der Waals surface area contributed by atoms with Crippen LogP contribution in [-0.2, 0) is 17.6 Å². The summed E-state index contributed by atoms with van der Waals surface area (Å²) >= 11 is 1.47. The topological polar surface area (TPSA) is 88.8 Å². The van der Waals surface area contributed by atoms with Gasteiger partial charge in [0.05, 0.1) is 5.56 Å². The molecular formula is C21H27FN3O2S+. The molecule has 0 bridgehead atoms. The molecule has 7 heteroatoms. The van der Waals surface area contributed by atoms with Crippen LogP contribution in [0, 0.1) is 11.7 Å². The lowest BCUT2D eigenvalue weighted by atomic mass is 9.95. The molecule has 2 aromatic rings. The van der Waals surface area contributed by atoms with Gasteiger partial charge >= 0.3 is 0 Å². The van der Waals surface area contributed by atoms with Crippen molar-refractivity contribution in [2.75, 3.05) is 11.9 Å². The number of primary amides is 1. The van der Waals surface area contributed by atoms with E-state index < -0.39 is 5.91 Å². The molecular weight excluding hydrogens is 377 g/mol. The predicted molar refractivity (Wildman–Crippen MR) is 109 cm³/mol. The number of amides is 2. The molecule has 0 spiro atoms. The van der Waals surface area contributed by atoms with Gasteiger partial charge in [-0.05, 0) is 43.4 Å². The highest BCUT2D eigenvalue weighted by Gasteiger charge is 2.26. The van der Waals surface area contributed by atoms with Crippen LogP contribution in [0.5, 0.6) is 0 Å². The standard InChI is InChI=1S/C21H26FN3O2S/c1-12(2)19(13-7-9-14(22)10-8-13)24-11-17(26)25-21-18(20(23)27)15-5-3-4-6-16(15)28-21/h7-10,12,19,24H,3-6,11H2,1-2H3,(H2,23,27)(H,25,26)/p+1/t19-/m1/s1. The average Bonchev–Trinajstić information content (AvgIpc) is 3.01. The van der Waals surface area contributed by atoms with Crippen molar-refractivity contribution < 1.29 is 19.3 Å². The Hall–Kier alpha value is -2.25. The molecule has 0 fully saturated rings. The first-order chi connectivity index (χ1) is 13.4. The first kappa shape index (κ1) is 20.5. The molecule has 1 atom stereocenters. The Morgan fingerprint density at radius 3 is 2.54 bits per heavy atom. The molecule has 0 saturated heterocycles. The molecule has 1 aromatic heterocycles. The van der Waals surface area contributed by atoms with Crippen molar-refractivity contribution in [2.24, 2.45) is 11.7 Å². The van der Waals surface area contributed by atoms with Crippen LogP contribution in [0.25, 0.3) is 0 Å². The van der Waals surface area contributed by atoms with E-state index in [1.54, 1.807) is 12.1 Å². The summed E-state index contributed by atoms with van der Waals surface area (Å²) in [6.45, 7) is 4.35. The third-order valence-corrected chi connectivity index (χ3v) is 6.41. The van der Waals surface area contributed by atoms with Gasteiger partial charge < -0.3 is 16.4 Å². The monoisotopic (exact) mass is 404 g/mol. The maximum absolute atomic E-state index is 13.2. The summed E-state index contributed by atoms with van der Waals surface area (Å²) < 4.78 is 13.2. The van der Waals surface area contributed by atoms with Gasteiger partial charge in [0.25, 0.3) is 11.8 Å². The van der Waals surface area contributed by atoms with Gasteiger partial charge in [0.15, 0.2) is 6.54 Å². The third kappa shape index (κ3) is 4.59. The number of anilines is 1. The number of quaternary nitrogens is 1. The molecule has 1 aliphatic carbocycles. The summed E-state index contributed by atoms with van der Waals surface area (Å²) in [5.41, 5.74) is 8.05. The Bertz CT molecular complexity index is 861. The van der Waals surface area contributed by atoms with Crippen molar-refractivity contribution in [2.45, 2.75) is 45.6 Å². The lowest BCUT2D eigenvalue weighted by molar-refractivity contribution is -0.692. The van der Waals surface area contributed by atoms with Crippen molar-refractivity contribution in [1.82, 2.24) is 0 Å². The highest BCUT2D eigenvalue weighted by atomic mass is 32.1. The quantitative estimate of drug-likeness (QED) is 0.662. The number of halogens is 1. The zero-order valence-electron chi connectivity index (χ0n) is 16.3. The zero-order chi connectivity index (χ0) is 20.3. The molecule has 2 amide bonds. The number of thiophene rings is 1. The van der Waals surface area contributed by atoms with Gasteiger partial charge in [-0.2, -0.15) is 0 Å². The van der Waals surface area contributed by atoms with E-state index in [1.807, 2.05) is 5.32 Å². The number of carbonyl (C=O) groups excluding carboxylic acids is 2. The summed E-state index contributed by atoms with van der Waals surface area (Å²) in [4.78, 5) is 25.7. The number of carbonyl (C=O) groups is 2. The summed E-state index contributed by atoms with van der Waals surface area (Å²) in [6, 6.07) is 6.43. The van der Waals surface area contributed by atoms with Gasteiger partial charge in [0, 0.05) is 16.4 Å². The lowest BCUT2D eigenvalue weighted by Crippen LogP contribution is -2.88. The van der Waals surface area contributed by atoms with E-state index in [0.29, 0.717) is 10.6 Å². The summed E-state index contributed by atoms with van der Waals surface area (Å²) in [6.07, 6.45) is 3.91. The van der Waals surface area contributed by atoms with E-state index in [9.17, 15) is 14.0 Å². The average molecular weight is 405 g/mol. The minimum absolute atomic E-state index is 0.0403. The summed E-state index contributed by atoms with van der Waals surface area (Å²) in [5, 5.41) is 5.41. The molecule has 1 aliphatic rings. The van der Waals surface area contributed by atoms with Crippen molar-refractivity contribution in [1.29, 1.82) is 0 Å². The number of nitrogens with one attached hydrogen (secondary N) is 1. The second-order valence-electron chi connectivity index (χ2n) is 7.59. The van der Waals surface area contributed by atoms with E-state index >= 15 is 0 Å². The molecule has 0 radical (unpaired) electrons. The molecule has 1 aromatic carbocycles. The van der Waals surface area contributed by atoms with Crippen LogP contribution in [0.1, 0.15) is 59.1 Å². The van der Waals surface area contributed by atoms with Crippen LogP contribution < -0.4 is 16.4 Å². The summed E-state index contributed by atoms with van der Waals surface area (Å²) in [7, 11) is 0. The van der Waals surface area contributed by atoms with Crippen molar-refractivity contribution in [3.63, 3.8) is 0 Å². The Morgan fingerprint density at radius 1 is 1.21 bits per heavy atom. The molecule has 5 nitrogen and oxygen atoms in total. The largest absolute Gasteiger partial charge is 0.365 e. The van der Waals surface area contributed by atoms with Crippen molar-refractivity contribution in [3.05, 3.63) is 51.7 Å². The van der Waals surface area contributed by atoms with Gasteiger partial charge in [-0.3, -0.25) is 9.59 Å². The maximum atomic E-state index is 13.2. The molecule has 0 saturated carbocycles. The second-order valence-corrected chi connectivity index (χ2v) is 8.69. The molecule has 28 heavy (non-hydrogen) atoms. The number of fused-ring (bicyclic) bond motifs is 1. The molecule has 150 valence electrons. The second kappa shape index (κ2) is 8.84. The number of benzene rings is 1. The SMILES string of the molecule is CC(C)[C@@H]([NH2+]CC(=O)Nc1sc2c(c1C(N)=O)CCCC2)c1ccc(F)cc1. The first-order valence-corrected chi connectivity index (χ1v) is 10.5. The van der Waals surface area contributed by atoms with Crippen molar-refractivity contribution in [3.8, 4) is 0 Å². The van der Waals surface area contributed by atoms with Crippen LogP contribution in [-0.4, -0.2) is 18.4 Å². The number of hydrogen-bond acceptors (Lipinski definition) is 3. The fraction of sp³-hybridized carbons (Fsp3) is 0.429. The Kier molecular flexibility index (Phi) is 6.46. The third-order valence-electron chi connectivity index (χ3n) is 5.20. The van der Waals surface area contributed by atoms with Gasteiger partial charge in [-0.1, -0.05) is 26.0 Å². The molecule has 0 aliphatic heterocycles. The van der Waals surface area contributed by atoms with Gasteiger partial charge in [0.2, 0.25) is 0 Å². The molecule has 5 N–H and O–H groups in total. The smallest absolute Gasteiger partial charge is 0.280 e. The van der Waals surface area contributed by atoms with E-state index in [0.717, 1.165) is 41.7 Å². The number of nitrogens with two attached hydrogens (primary N) is 2. The van der Waals surface area contributed by atoms with Gasteiger partial charge in [-0.25, -0.2) is 4.39 Å². The van der Waals surface area contributed by atoms with Crippen LogP contribution in [0.2, 0.25) is 0 Å². The summed E-state index contributed by atoms with van der Waals surface area (Å²) in [5.74, 6) is -0.656. The zero-order valence-corrected chi connectivity index (χ0v) is 17.1.